The molecule has 138 valence electrons. The third-order valence-electron chi connectivity index (χ3n) is 4.50. The highest BCUT2D eigenvalue weighted by Crippen LogP contribution is 2.28. The van der Waals surface area contributed by atoms with Gasteiger partial charge in [-0.05, 0) is 42.8 Å². The smallest absolute Gasteiger partial charge is 0.294 e. The molecule has 0 saturated carbocycles. The van der Waals surface area contributed by atoms with E-state index in [1.807, 2.05) is 95.9 Å². The van der Waals surface area contributed by atoms with Crippen LogP contribution in [0.1, 0.15) is 26.2 Å². The van der Waals surface area contributed by atoms with Gasteiger partial charge < -0.3 is 0 Å². The van der Waals surface area contributed by atoms with Crippen molar-refractivity contribution in [3.63, 3.8) is 0 Å². The maximum Gasteiger partial charge on any atom is 0.333 e. The predicted octanol–water partition coefficient (Wildman–Crippen LogP) is 6.64. The van der Waals surface area contributed by atoms with Gasteiger partial charge in [0.25, 0.3) is 0 Å². The van der Waals surface area contributed by atoms with E-state index in [0.29, 0.717) is 6.54 Å². The number of benzene rings is 3. The lowest BCUT2D eigenvalue weighted by atomic mass is 10.2. The number of nitrogens with zero attached hydrogens (tertiary/aromatic N) is 2. The van der Waals surface area contributed by atoms with E-state index < -0.39 is 0 Å². The average molecular weight is 358 g/mol. The van der Waals surface area contributed by atoms with Crippen LogP contribution in [-0.4, -0.2) is 12.6 Å². The maximum absolute atomic E-state index is 13.7. The highest BCUT2D eigenvalue weighted by molar-refractivity contribution is 6.08. The fourth-order valence-electron chi connectivity index (χ4n) is 3.11. The van der Waals surface area contributed by atoms with E-state index in [2.05, 4.69) is 6.92 Å². The van der Waals surface area contributed by atoms with Gasteiger partial charge in [-0.2, -0.15) is 0 Å². The number of hydrogen-bond donors (Lipinski definition) is 0. The summed E-state index contributed by atoms with van der Waals surface area (Å²) in [5.74, 6) is 0. The van der Waals surface area contributed by atoms with Crippen LogP contribution in [0.5, 0.6) is 0 Å². The van der Waals surface area contributed by atoms with E-state index in [9.17, 15) is 4.79 Å². The van der Waals surface area contributed by atoms with E-state index in [0.717, 1.165) is 36.3 Å². The van der Waals surface area contributed by atoms with Crippen LogP contribution in [-0.2, 0) is 0 Å². The molecule has 0 saturated heterocycles. The molecule has 3 aromatic carbocycles. The summed E-state index contributed by atoms with van der Waals surface area (Å²) in [5, 5.41) is 0. The first kappa shape index (κ1) is 18.7. The Balaban J connectivity index is 1.99. The van der Waals surface area contributed by atoms with Crippen LogP contribution in [0.2, 0.25) is 0 Å². The van der Waals surface area contributed by atoms with Crippen LogP contribution in [0.25, 0.3) is 0 Å². The van der Waals surface area contributed by atoms with Gasteiger partial charge in [0.1, 0.15) is 0 Å². The molecule has 0 aliphatic heterocycles. The topological polar surface area (TPSA) is 23.6 Å². The number of hydrogen-bond acceptors (Lipinski definition) is 1. The molecule has 3 rings (SSSR count). The summed E-state index contributed by atoms with van der Waals surface area (Å²) in [7, 11) is 0. The number of urea groups is 1. The Hall–Kier alpha value is -3.07. The third-order valence-corrected chi connectivity index (χ3v) is 4.50. The van der Waals surface area contributed by atoms with Gasteiger partial charge in [-0.15, -0.1) is 0 Å². The number of anilines is 3. The number of carbonyl (C=O) groups excluding carboxylic acids is 1. The van der Waals surface area contributed by atoms with Crippen molar-refractivity contribution in [1.82, 2.24) is 0 Å². The predicted molar refractivity (Wildman–Crippen MR) is 114 cm³/mol. The number of rotatable bonds is 7. The van der Waals surface area contributed by atoms with Gasteiger partial charge in [-0.3, -0.25) is 9.80 Å². The van der Waals surface area contributed by atoms with Crippen LogP contribution >= 0.6 is 0 Å². The monoisotopic (exact) mass is 358 g/mol. The first-order valence-corrected chi connectivity index (χ1v) is 9.58. The number of amides is 2. The van der Waals surface area contributed by atoms with Crippen LogP contribution in [0.4, 0.5) is 21.9 Å². The van der Waals surface area contributed by atoms with Crippen molar-refractivity contribution in [2.75, 3.05) is 16.3 Å². The van der Waals surface area contributed by atoms with Gasteiger partial charge in [-0.1, -0.05) is 74.4 Å². The lowest BCUT2D eigenvalue weighted by Gasteiger charge is -2.31. The van der Waals surface area contributed by atoms with Crippen LogP contribution in [0, 0.1) is 0 Å². The Kier molecular flexibility index (Phi) is 6.64. The van der Waals surface area contributed by atoms with E-state index in [1.54, 1.807) is 4.90 Å². The zero-order valence-corrected chi connectivity index (χ0v) is 15.8. The molecule has 0 aliphatic carbocycles. The molecule has 0 radical (unpaired) electrons. The second kappa shape index (κ2) is 9.58. The first-order valence-electron chi connectivity index (χ1n) is 9.58. The number of unbranched alkanes of at least 4 members (excludes halogenated alkanes) is 2. The van der Waals surface area contributed by atoms with Crippen molar-refractivity contribution in [2.45, 2.75) is 26.2 Å². The maximum atomic E-state index is 13.7. The summed E-state index contributed by atoms with van der Waals surface area (Å²) >= 11 is 0. The fraction of sp³-hybridized carbons (Fsp3) is 0.208. The van der Waals surface area contributed by atoms with E-state index >= 15 is 0 Å². The summed E-state index contributed by atoms with van der Waals surface area (Å²) < 4.78 is 0. The summed E-state index contributed by atoms with van der Waals surface area (Å²) in [4.78, 5) is 17.4. The van der Waals surface area contributed by atoms with Crippen LogP contribution in [0.15, 0.2) is 91.0 Å². The second-order valence-electron chi connectivity index (χ2n) is 6.48. The number of para-hydroxylation sites is 3. The van der Waals surface area contributed by atoms with Crippen molar-refractivity contribution in [3.05, 3.63) is 91.0 Å². The molecule has 3 nitrogen and oxygen atoms in total. The lowest BCUT2D eigenvalue weighted by Crippen LogP contribution is -2.41. The standard InChI is InChI=1S/C24H26N2O/c1-2-3-13-20-25(21-14-7-4-8-15-21)24(27)26(22-16-9-5-10-17-22)23-18-11-6-12-19-23/h4-12,14-19H,2-3,13,20H2,1H3. The Morgan fingerprint density at radius 1 is 0.667 bits per heavy atom. The zero-order valence-electron chi connectivity index (χ0n) is 15.8. The third kappa shape index (κ3) is 4.76. The molecule has 27 heavy (non-hydrogen) atoms. The molecule has 0 unspecified atom stereocenters. The molecule has 0 heterocycles. The Labute approximate surface area is 161 Å². The minimum absolute atomic E-state index is 0.0327. The molecule has 2 amide bonds. The van der Waals surface area contributed by atoms with Gasteiger partial charge in [0.2, 0.25) is 0 Å². The molecule has 0 aromatic heterocycles. The molecule has 0 spiro atoms. The van der Waals surface area contributed by atoms with Crippen LogP contribution < -0.4 is 9.80 Å². The zero-order chi connectivity index (χ0) is 18.9. The van der Waals surface area contributed by atoms with Crippen molar-refractivity contribution in [1.29, 1.82) is 0 Å². The Morgan fingerprint density at radius 2 is 1.11 bits per heavy atom. The molecule has 0 atom stereocenters. The molecule has 0 N–H and O–H groups in total. The lowest BCUT2D eigenvalue weighted by molar-refractivity contribution is 0.253. The molecule has 3 heteroatoms. The van der Waals surface area contributed by atoms with Crippen molar-refractivity contribution in [3.8, 4) is 0 Å². The van der Waals surface area contributed by atoms with Crippen molar-refractivity contribution in [2.24, 2.45) is 0 Å². The van der Waals surface area contributed by atoms with E-state index in [-0.39, 0.29) is 6.03 Å². The SMILES string of the molecule is CCCCCN(C(=O)N(c1ccccc1)c1ccccc1)c1ccccc1. The average Bonchev–Trinajstić information content (AvgIpc) is 2.73. The summed E-state index contributed by atoms with van der Waals surface area (Å²) in [6.45, 7) is 2.88. The van der Waals surface area contributed by atoms with Gasteiger partial charge in [0.05, 0.1) is 11.4 Å². The fourth-order valence-corrected chi connectivity index (χ4v) is 3.11. The van der Waals surface area contributed by atoms with E-state index in [1.165, 1.54) is 0 Å². The van der Waals surface area contributed by atoms with Crippen molar-refractivity contribution < 1.29 is 4.79 Å². The number of carbonyl (C=O) groups is 1. The molecule has 0 fully saturated rings. The Bertz CT molecular complexity index is 779. The molecular weight excluding hydrogens is 332 g/mol. The van der Waals surface area contributed by atoms with Gasteiger partial charge in [0.15, 0.2) is 0 Å². The van der Waals surface area contributed by atoms with Gasteiger partial charge >= 0.3 is 6.03 Å². The second-order valence-corrected chi connectivity index (χ2v) is 6.48. The largest absolute Gasteiger partial charge is 0.333 e. The molecule has 3 aromatic rings. The van der Waals surface area contributed by atoms with Crippen molar-refractivity contribution >= 4 is 23.1 Å². The molecule has 0 aliphatic rings. The Morgan fingerprint density at radius 3 is 1.56 bits per heavy atom. The molecule has 0 bridgehead atoms. The van der Waals surface area contributed by atoms with Crippen LogP contribution in [0.3, 0.4) is 0 Å². The highest BCUT2D eigenvalue weighted by Gasteiger charge is 2.24. The summed E-state index contributed by atoms with van der Waals surface area (Å²) in [6, 6.07) is 29.6. The highest BCUT2D eigenvalue weighted by atomic mass is 16.2. The minimum atomic E-state index is -0.0327. The normalized spacial score (nSPS) is 10.4. The van der Waals surface area contributed by atoms with E-state index in [4.69, 9.17) is 0 Å². The summed E-state index contributed by atoms with van der Waals surface area (Å²) in [6.07, 6.45) is 3.21. The molecular formula is C24H26N2O. The van der Waals surface area contributed by atoms with Gasteiger partial charge in [0, 0.05) is 12.2 Å². The summed E-state index contributed by atoms with van der Waals surface area (Å²) in [5.41, 5.74) is 2.66. The minimum Gasteiger partial charge on any atom is -0.294 e. The first-order chi connectivity index (χ1) is 13.3. The van der Waals surface area contributed by atoms with Gasteiger partial charge in [-0.25, -0.2) is 4.79 Å². The quantitative estimate of drug-likeness (QED) is 0.434.